The van der Waals surface area contributed by atoms with Gasteiger partial charge in [0.25, 0.3) is 0 Å². The van der Waals surface area contributed by atoms with Gasteiger partial charge < -0.3 is 17.5 Å². The molecule has 0 saturated heterocycles. The first-order chi connectivity index (χ1) is 12.0. The van der Waals surface area contributed by atoms with Crippen LogP contribution in [0.15, 0.2) is 69.9 Å². The fourth-order valence-electron chi connectivity index (χ4n) is 3.04. The molecule has 0 radical (unpaired) electrons. The van der Waals surface area contributed by atoms with Gasteiger partial charge in [-0.3, -0.25) is 4.79 Å². The first-order valence-electron chi connectivity index (χ1n) is 7.57. The summed E-state index contributed by atoms with van der Waals surface area (Å²) in [5.41, 5.74) is 2.10. The summed E-state index contributed by atoms with van der Waals surface area (Å²) in [6.07, 6.45) is 0. The number of aromatic hydroxyl groups is 1. The summed E-state index contributed by atoms with van der Waals surface area (Å²) in [5, 5.41) is 19.9. The Morgan fingerprint density at radius 1 is 0.926 bits per heavy atom. The molecule has 0 fully saturated rings. The molecule has 7 heteroatoms. The Kier molecular flexibility index (Phi) is 6.92. The second-order valence-corrected chi connectivity index (χ2v) is 5.67. The number of benzene rings is 3. The minimum atomic E-state index is -1.04. The largest absolute Gasteiger partial charge is 1.00 e. The van der Waals surface area contributed by atoms with Crippen LogP contribution in [0.4, 0.5) is 0 Å². The Morgan fingerprint density at radius 2 is 1.67 bits per heavy atom. The van der Waals surface area contributed by atoms with E-state index >= 15 is 0 Å². The smallest absolute Gasteiger partial charge is 1.00 e. The second kappa shape index (κ2) is 8.61. The Labute approximate surface area is 201 Å². The van der Waals surface area contributed by atoms with Crippen LogP contribution in [0.5, 0.6) is 5.75 Å². The quantitative estimate of drug-likeness (QED) is 0.317. The molecule has 2 aromatic rings. The minimum absolute atomic E-state index is 0. The van der Waals surface area contributed by atoms with Gasteiger partial charge in [0.2, 0.25) is 0 Å². The predicted octanol–water partition coefficient (Wildman–Crippen LogP) is -1.80. The number of carboxylic acids is 1. The van der Waals surface area contributed by atoms with E-state index in [4.69, 9.17) is 4.42 Å². The van der Waals surface area contributed by atoms with Crippen molar-refractivity contribution in [1.82, 2.24) is 0 Å². The Hall–Kier alpha value is -1.60. The molecule has 5 nitrogen and oxygen atoms in total. The molecule has 2 aliphatic rings. The molecule has 1 aliphatic heterocycles. The van der Waals surface area contributed by atoms with Crippen molar-refractivity contribution >= 4 is 16.9 Å². The number of fused-ring (bicyclic) bond motifs is 2. The molecule has 0 unspecified atom stereocenters. The zero-order chi connectivity index (χ0) is 17.6. The summed E-state index contributed by atoms with van der Waals surface area (Å²) in [6, 6.07) is 15.7. The van der Waals surface area contributed by atoms with E-state index in [0.29, 0.717) is 33.4 Å². The first kappa shape index (κ1) is 21.7. The van der Waals surface area contributed by atoms with E-state index in [1.807, 2.05) is 0 Å². The third-order valence-electron chi connectivity index (χ3n) is 4.10. The van der Waals surface area contributed by atoms with Crippen LogP contribution >= 0.6 is 0 Å². The van der Waals surface area contributed by atoms with Gasteiger partial charge in [0, 0.05) is 28.6 Å². The minimum Gasteiger partial charge on any atom is -1.00 e. The van der Waals surface area contributed by atoms with Crippen molar-refractivity contribution in [1.29, 1.82) is 0 Å². The van der Waals surface area contributed by atoms with E-state index in [1.165, 1.54) is 30.3 Å². The summed E-state index contributed by atoms with van der Waals surface area (Å²) in [6.45, 7) is 0. The molecular formula is C20H14Na2O5. The Bertz CT molecular complexity index is 1180. The van der Waals surface area contributed by atoms with Gasteiger partial charge in [-0.2, -0.15) is 0 Å². The molecule has 126 valence electrons. The predicted molar refractivity (Wildman–Crippen MR) is 95.4 cm³/mol. The van der Waals surface area contributed by atoms with E-state index in [0.717, 1.165) is 0 Å². The third kappa shape index (κ3) is 3.99. The van der Waals surface area contributed by atoms with Crippen molar-refractivity contribution < 1.29 is 81.4 Å². The number of hydrogen-bond acceptors (Lipinski definition) is 4. The molecule has 0 saturated carbocycles. The second-order valence-electron chi connectivity index (χ2n) is 5.67. The van der Waals surface area contributed by atoms with Crippen molar-refractivity contribution in [2.75, 3.05) is 0 Å². The van der Waals surface area contributed by atoms with Crippen molar-refractivity contribution in [2.24, 2.45) is 0 Å². The average molecular weight is 380 g/mol. The van der Waals surface area contributed by atoms with Crippen LogP contribution in [0.2, 0.25) is 0 Å². The monoisotopic (exact) mass is 380 g/mol. The van der Waals surface area contributed by atoms with Crippen molar-refractivity contribution in [3.63, 3.8) is 0 Å². The summed E-state index contributed by atoms with van der Waals surface area (Å²) >= 11 is 0. The van der Waals surface area contributed by atoms with Crippen LogP contribution < -0.4 is 64.5 Å². The van der Waals surface area contributed by atoms with Gasteiger partial charge in [0.05, 0.1) is 5.56 Å². The molecule has 0 bridgehead atoms. The normalized spacial score (nSPS) is 10.2. The van der Waals surface area contributed by atoms with Crippen LogP contribution in [-0.4, -0.2) is 16.2 Å². The maximum absolute atomic E-state index is 11.7. The molecule has 0 aromatic heterocycles. The van der Waals surface area contributed by atoms with Gasteiger partial charge in [-0.05, 0) is 35.9 Å². The number of phenols is 1. The number of carbonyl (C=O) groups is 1. The molecule has 0 amide bonds. The standard InChI is InChI=1S/C20H12O5.2Na.2H/c21-11-5-7-15-17(9-11)25-18-10-12(22)6-8-16(18)19(15)13-3-1-2-4-14(13)20(23)24;;;;/h1-10,21H,(H,23,24);;;;/q;2*+1;2*-1. The van der Waals surface area contributed by atoms with Gasteiger partial charge in [-0.25, -0.2) is 4.79 Å². The molecule has 27 heavy (non-hydrogen) atoms. The van der Waals surface area contributed by atoms with E-state index in [9.17, 15) is 19.8 Å². The Morgan fingerprint density at radius 3 is 2.41 bits per heavy atom. The van der Waals surface area contributed by atoms with E-state index in [2.05, 4.69) is 0 Å². The zero-order valence-electron chi connectivity index (χ0n) is 16.9. The number of rotatable bonds is 2. The SMILES string of the molecule is O=C(O)c1ccccc1-c1c2ccc(=O)cc-2oc2cc(O)ccc12.[H-].[H-].[Na+].[Na+]. The summed E-state index contributed by atoms with van der Waals surface area (Å²) < 4.78 is 5.76. The van der Waals surface area contributed by atoms with E-state index in [-0.39, 0.29) is 78.7 Å². The molecule has 2 N–H and O–H groups in total. The molecule has 2 aromatic carbocycles. The van der Waals surface area contributed by atoms with Crippen LogP contribution in [0.25, 0.3) is 33.4 Å². The zero-order valence-corrected chi connectivity index (χ0v) is 18.9. The van der Waals surface area contributed by atoms with Gasteiger partial charge in [0.15, 0.2) is 5.43 Å². The van der Waals surface area contributed by atoms with Crippen molar-refractivity contribution in [2.45, 2.75) is 0 Å². The van der Waals surface area contributed by atoms with E-state index < -0.39 is 5.97 Å². The number of aromatic carboxylic acids is 1. The van der Waals surface area contributed by atoms with Gasteiger partial charge in [-0.1, -0.05) is 18.2 Å². The van der Waals surface area contributed by atoms with Crippen LogP contribution in [0, 0.1) is 0 Å². The summed E-state index contributed by atoms with van der Waals surface area (Å²) in [5.74, 6) is -0.691. The van der Waals surface area contributed by atoms with Gasteiger partial charge >= 0.3 is 65.1 Å². The first-order valence-corrected chi connectivity index (χ1v) is 7.57. The summed E-state index contributed by atoms with van der Waals surface area (Å²) in [7, 11) is 0. The topological polar surface area (TPSA) is 87.7 Å². The van der Waals surface area contributed by atoms with Crippen LogP contribution in [0.3, 0.4) is 0 Å². The van der Waals surface area contributed by atoms with Crippen LogP contribution in [-0.2, 0) is 0 Å². The maximum Gasteiger partial charge on any atom is 1.00 e. The molecule has 1 heterocycles. The maximum atomic E-state index is 11.7. The molecule has 0 spiro atoms. The average Bonchev–Trinajstić information content (AvgIpc) is 2.59. The van der Waals surface area contributed by atoms with Crippen LogP contribution in [0.1, 0.15) is 13.2 Å². The fourth-order valence-corrected chi connectivity index (χ4v) is 3.04. The number of carboxylic acid groups (broad SMARTS) is 1. The number of hydrogen-bond donors (Lipinski definition) is 2. The van der Waals surface area contributed by atoms with Gasteiger partial charge in [-0.15, -0.1) is 0 Å². The molecule has 1 aliphatic carbocycles. The van der Waals surface area contributed by atoms with E-state index in [1.54, 1.807) is 30.3 Å². The van der Waals surface area contributed by atoms with Gasteiger partial charge in [0.1, 0.15) is 17.1 Å². The van der Waals surface area contributed by atoms with Crippen molar-refractivity contribution in [3.05, 3.63) is 76.5 Å². The molecule has 4 rings (SSSR count). The van der Waals surface area contributed by atoms with Crippen molar-refractivity contribution in [3.8, 4) is 28.2 Å². The fraction of sp³-hybridized carbons (Fsp3) is 0. The number of phenolic OH excluding ortho intramolecular Hbond substituents is 1. The summed E-state index contributed by atoms with van der Waals surface area (Å²) in [4.78, 5) is 23.4. The third-order valence-corrected chi connectivity index (χ3v) is 4.10. The Balaban J connectivity index is 0.00000196. The molecule has 0 atom stereocenters. The molecular weight excluding hydrogens is 366 g/mol.